The third-order valence-corrected chi connectivity index (χ3v) is 1.99. The van der Waals surface area contributed by atoms with Crippen molar-refractivity contribution in [3.63, 3.8) is 0 Å². The van der Waals surface area contributed by atoms with E-state index in [0.29, 0.717) is 5.75 Å². The van der Waals surface area contributed by atoms with Crippen LogP contribution in [0.15, 0.2) is 18.2 Å². The number of benzene rings is 1. The van der Waals surface area contributed by atoms with E-state index in [9.17, 15) is 9.90 Å². The van der Waals surface area contributed by atoms with Crippen LogP contribution in [0, 0.1) is 0 Å². The summed E-state index contributed by atoms with van der Waals surface area (Å²) < 4.78 is 5.49. The van der Waals surface area contributed by atoms with Gasteiger partial charge in [-0.25, -0.2) is 0 Å². The molecule has 4 heteroatoms. The lowest BCUT2D eigenvalue weighted by molar-refractivity contribution is 0.0818. The van der Waals surface area contributed by atoms with Gasteiger partial charge in [-0.15, -0.1) is 0 Å². The number of amides is 1. The van der Waals surface area contributed by atoms with Crippen LogP contribution in [0.5, 0.6) is 11.5 Å². The Morgan fingerprint density at radius 1 is 1.38 bits per heavy atom. The number of rotatable bonds is 3. The molecule has 0 unspecified atom stereocenters. The van der Waals surface area contributed by atoms with Gasteiger partial charge < -0.3 is 14.7 Å². The van der Waals surface area contributed by atoms with Crippen LogP contribution >= 0.6 is 0 Å². The smallest absolute Gasteiger partial charge is 0.260 e. The fraction of sp³-hybridized carbons (Fsp3) is 0.417. The van der Waals surface area contributed by atoms with Crippen molar-refractivity contribution in [2.45, 2.75) is 20.0 Å². The van der Waals surface area contributed by atoms with Gasteiger partial charge in [0.05, 0.1) is 6.10 Å². The van der Waals surface area contributed by atoms with Gasteiger partial charge in [0.25, 0.3) is 5.91 Å². The van der Waals surface area contributed by atoms with E-state index in [0.717, 1.165) is 0 Å². The molecule has 0 radical (unpaired) electrons. The standard InChI is InChI=1S/C12H17NO3/c1-8(2)16-10-7-5-6-9(14)11(10)12(15)13(3)4/h5-8,14H,1-4H3. The number of ether oxygens (including phenoxy) is 1. The van der Waals surface area contributed by atoms with Crippen LogP contribution in [0.1, 0.15) is 24.2 Å². The van der Waals surface area contributed by atoms with Crippen molar-refractivity contribution < 1.29 is 14.6 Å². The molecule has 4 nitrogen and oxygen atoms in total. The van der Waals surface area contributed by atoms with E-state index in [4.69, 9.17) is 4.74 Å². The van der Waals surface area contributed by atoms with Gasteiger partial charge in [0.2, 0.25) is 0 Å². The van der Waals surface area contributed by atoms with E-state index in [2.05, 4.69) is 0 Å². The van der Waals surface area contributed by atoms with Gasteiger partial charge in [-0.1, -0.05) is 6.07 Å². The number of carbonyl (C=O) groups is 1. The van der Waals surface area contributed by atoms with E-state index in [-0.39, 0.29) is 23.3 Å². The Kier molecular flexibility index (Phi) is 3.77. The number of phenols is 1. The van der Waals surface area contributed by atoms with Crippen molar-refractivity contribution in [3.05, 3.63) is 23.8 Å². The summed E-state index contributed by atoms with van der Waals surface area (Å²) in [5.74, 6) is 0.0827. The summed E-state index contributed by atoms with van der Waals surface area (Å²) in [5, 5.41) is 9.70. The average Bonchev–Trinajstić information content (AvgIpc) is 2.16. The highest BCUT2D eigenvalue weighted by Crippen LogP contribution is 2.29. The fourth-order valence-corrected chi connectivity index (χ4v) is 1.31. The SMILES string of the molecule is CC(C)Oc1cccc(O)c1C(=O)N(C)C. The Balaban J connectivity index is 3.18. The first-order chi connectivity index (χ1) is 7.43. The first kappa shape index (κ1) is 12.4. The summed E-state index contributed by atoms with van der Waals surface area (Å²) in [7, 11) is 3.27. The van der Waals surface area contributed by atoms with E-state index >= 15 is 0 Å². The Hall–Kier alpha value is -1.71. The molecule has 1 amide bonds. The van der Waals surface area contributed by atoms with Crippen molar-refractivity contribution in [1.29, 1.82) is 0 Å². The summed E-state index contributed by atoms with van der Waals surface area (Å²) in [4.78, 5) is 13.3. The Bertz CT molecular complexity index is 386. The van der Waals surface area contributed by atoms with E-state index in [1.807, 2.05) is 13.8 Å². The van der Waals surface area contributed by atoms with Gasteiger partial charge in [0, 0.05) is 14.1 Å². The molecule has 0 saturated heterocycles. The summed E-state index contributed by atoms with van der Waals surface area (Å²) in [5.41, 5.74) is 0.209. The van der Waals surface area contributed by atoms with Gasteiger partial charge >= 0.3 is 0 Å². The lowest BCUT2D eigenvalue weighted by Gasteiger charge is -2.17. The van der Waals surface area contributed by atoms with Crippen molar-refractivity contribution >= 4 is 5.91 Å². The maximum absolute atomic E-state index is 11.9. The first-order valence-electron chi connectivity index (χ1n) is 5.13. The zero-order valence-corrected chi connectivity index (χ0v) is 10.0. The molecule has 0 aromatic heterocycles. The van der Waals surface area contributed by atoms with Crippen LogP contribution in [0.2, 0.25) is 0 Å². The molecule has 88 valence electrons. The highest BCUT2D eigenvalue weighted by molar-refractivity contribution is 5.99. The molecule has 16 heavy (non-hydrogen) atoms. The largest absolute Gasteiger partial charge is 0.507 e. The quantitative estimate of drug-likeness (QED) is 0.851. The molecule has 0 aliphatic carbocycles. The third kappa shape index (κ3) is 2.66. The molecule has 0 saturated carbocycles. The van der Waals surface area contributed by atoms with Crippen LogP contribution in [-0.2, 0) is 0 Å². The molecule has 0 heterocycles. The molecule has 1 rings (SSSR count). The summed E-state index contributed by atoms with van der Waals surface area (Å²) in [6.07, 6.45) is -0.0458. The van der Waals surface area contributed by atoms with Gasteiger partial charge in [-0.2, -0.15) is 0 Å². The summed E-state index contributed by atoms with van der Waals surface area (Å²) in [6.45, 7) is 3.74. The molecule has 0 fully saturated rings. The van der Waals surface area contributed by atoms with Crippen molar-refractivity contribution in [2.24, 2.45) is 0 Å². The zero-order valence-electron chi connectivity index (χ0n) is 10.0. The average molecular weight is 223 g/mol. The summed E-state index contributed by atoms with van der Waals surface area (Å²) >= 11 is 0. The molecule has 0 spiro atoms. The number of hydrogen-bond acceptors (Lipinski definition) is 3. The Labute approximate surface area is 95.5 Å². The molecule has 1 aromatic rings. The van der Waals surface area contributed by atoms with Crippen LogP contribution in [0.3, 0.4) is 0 Å². The van der Waals surface area contributed by atoms with Crippen molar-refractivity contribution in [3.8, 4) is 11.5 Å². The third-order valence-electron chi connectivity index (χ3n) is 1.99. The van der Waals surface area contributed by atoms with Gasteiger partial charge in [-0.3, -0.25) is 4.79 Å². The van der Waals surface area contributed by atoms with Crippen molar-refractivity contribution in [1.82, 2.24) is 4.90 Å². The lowest BCUT2D eigenvalue weighted by Crippen LogP contribution is -2.23. The van der Waals surface area contributed by atoms with E-state index in [1.54, 1.807) is 26.2 Å². The van der Waals surface area contributed by atoms with Gasteiger partial charge in [0.1, 0.15) is 17.1 Å². The van der Waals surface area contributed by atoms with E-state index in [1.165, 1.54) is 11.0 Å². The maximum atomic E-state index is 11.9. The van der Waals surface area contributed by atoms with Crippen LogP contribution < -0.4 is 4.74 Å². The number of carbonyl (C=O) groups excluding carboxylic acids is 1. The van der Waals surface area contributed by atoms with E-state index < -0.39 is 0 Å². The minimum absolute atomic E-state index is 0.0458. The maximum Gasteiger partial charge on any atom is 0.260 e. The topological polar surface area (TPSA) is 49.8 Å². The second-order valence-corrected chi connectivity index (χ2v) is 4.02. The first-order valence-corrected chi connectivity index (χ1v) is 5.13. The number of aromatic hydroxyl groups is 1. The van der Waals surface area contributed by atoms with Crippen molar-refractivity contribution in [2.75, 3.05) is 14.1 Å². The molecule has 0 bridgehead atoms. The molecule has 0 aliphatic rings. The Morgan fingerprint density at radius 2 is 2.00 bits per heavy atom. The molecule has 0 aliphatic heterocycles. The molecule has 1 N–H and O–H groups in total. The minimum Gasteiger partial charge on any atom is -0.507 e. The zero-order chi connectivity index (χ0) is 12.3. The number of hydrogen-bond donors (Lipinski definition) is 1. The molecular weight excluding hydrogens is 206 g/mol. The second-order valence-electron chi connectivity index (χ2n) is 4.02. The van der Waals surface area contributed by atoms with Crippen LogP contribution in [0.4, 0.5) is 0 Å². The lowest BCUT2D eigenvalue weighted by atomic mass is 10.1. The fourth-order valence-electron chi connectivity index (χ4n) is 1.31. The van der Waals surface area contributed by atoms with Gasteiger partial charge in [0.15, 0.2) is 0 Å². The normalized spacial score (nSPS) is 10.3. The number of nitrogens with zero attached hydrogens (tertiary/aromatic N) is 1. The number of phenolic OH excluding ortho intramolecular Hbond substituents is 1. The predicted molar refractivity (Wildman–Crippen MR) is 61.9 cm³/mol. The monoisotopic (exact) mass is 223 g/mol. The molecule has 1 aromatic carbocycles. The van der Waals surface area contributed by atoms with Gasteiger partial charge in [-0.05, 0) is 26.0 Å². The second kappa shape index (κ2) is 4.88. The summed E-state index contributed by atoms with van der Waals surface area (Å²) in [6, 6.07) is 4.81. The highest BCUT2D eigenvalue weighted by atomic mass is 16.5. The Morgan fingerprint density at radius 3 is 2.50 bits per heavy atom. The predicted octanol–water partition coefficient (Wildman–Crippen LogP) is 1.88. The molecule has 0 atom stereocenters. The van der Waals surface area contributed by atoms with Crippen LogP contribution in [-0.4, -0.2) is 36.1 Å². The highest BCUT2D eigenvalue weighted by Gasteiger charge is 2.19. The molecular formula is C12H17NO3. The minimum atomic E-state index is -0.270. The van der Waals surface area contributed by atoms with Crippen LogP contribution in [0.25, 0.3) is 0 Å².